The number of halogens is 3. The molecule has 1 aromatic heterocycles. The van der Waals surface area contributed by atoms with E-state index in [1.54, 1.807) is 6.07 Å². The van der Waals surface area contributed by atoms with E-state index in [1.807, 2.05) is 12.1 Å². The molecule has 0 bridgehead atoms. The van der Waals surface area contributed by atoms with Crippen molar-refractivity contribution in [1.29, 1.82) is 0 Å². The first-order valence-electron chi connectivity index (χ1n) is 5.01. The molecule has 1 unspecified atom stereocenters. The lowest BCUT2D eigenvalue weighted by molar-refractivity contribution is 0.623. The van der Waals surface area contributed by atoms with Gasteiger partial charge in [-0.15, -0.1) is 11.3 Å². The second-order valence-electron chi connectivity index (χ2n) is 3.68. The van der Waals surface area contributed by atoms with Crippen LogP contribution in [-0.4, -0.2) is 0 Å². The third kappa shape index (κ3) is 3.28. The molecular formula is C12H10BrClFNS. The van der Waals surface area contributed by atoms with Crippen molar-refractivity contribution >= 4 is 38.9 Å². The van der Waals surface area contributed by atoms with Gasteiger partial charge in [0, 0.05) is 21.8 Å². The van der Waals surface area contributed by atoms with E-state index in [-0.39, 0.29) is 11.9 Å². The van der Waals surface area contributed by atoms with E-state index in [0.29, 0.717) is 10.9 Å². The summed E-state index contributed by atoms with van der Waals surface area (Å²) in [6.45, 7) is 0. The molecule has 90 valence electrons. The minimum absolute atomic E-state index is 0.167. The molecule has 1 aromatic carbocycles. The molecule has 17 heavy (non-hydrogen) atoms. The van der Waals surface area contributed by atoms with Gasteiger partial charge in [-0.2, -0.15) is 0 Å². The normalized spacial score (nSPS) is 12.7. The van der Waals surface area contributed by atoms with Gasteiger partial charge in [0.2, 0.25) is 0 Å². The second-order valence-corrected chi connectivity index (χ2v) is 6.34. The molecule has 1 atom stereocenters. The number of thiophene rings is 1. The van der Waals surface area contributed by atoms with E-state index in [0.717, 1.165) is 14.8 Å². The van der Waals surface area contributed by atoms with Crippen molar-refractivity contribution in [2.45, 2.75) is 12.5 Å². The third-order valence-electron chi connectivity index (χ3n) is 2.41. The van der Waals surface area contributed by atoms with E-state index in [1.165, 1.54) is 23.5 Å². The molecule has 0 spiro atoms. The summed E-state index contributed by atoms with van der Waals surface area (Å²) in [5, 5.41) is 0. The molecule has 0 fully saturated rings. The van der Waals surface area contributed by atoms with Gasteiger partial charge in [0.15, 0.2) is 0 Å². The van der Waals surface area contributed by atoms with Crippen LogP contribution in [0, 0.1) is 5.82 Å². The molecule has 0 aliphatic carbocycles. The molecule has 2 rings (SSSR count). The summed E-state index contributed by atoms with van der Waals surface area (Å²) in [6, 6.07) is 8.20. The minimum Gasteiger partial charge on any atom is -0.324 e. The Bertz CT molecular complexity index is 529. The van der Waals surface area contributed by atoms with Gasteiger partial charge < -0.3 is 5.73 Å². The Kier molecular flexibility index (Phi) is 4.20. The van der Waals surface area contributed by atoms with Gasteiger partial charge in [-0.3, -0.25) is 0 Å². The van der Waals surface area contributed by atoms with Crippen molar-refractivity contribution in [2.75, 3.05) is 0 Å². The zero-order valence-corrected chi connectivity index (χ0v) is 11.9. The van der Waals surface area contributed by atoms with Gasteiger partial charge in [0.25, 0.3) is 0 Å². The van der Waals surface area contributed by atoms with E-state index in [4.69, 9.17) is 17.3 Å². The highest BCUT2D eigenvalue weighted by molar-refractivity contribution is 9.10. The van der Waals surface area contributed by atoms with Crippen molar-refractivity contribution in [1.82, 2.24) is 0 Å². The standard InChI is InChI=1S/C12H10BrClFNS/c13-10-5-7(15)1-3-9(10)11(16)6-8-2-4-12(14)17-8/h1-5,11H,6,16H2. The fraction of sp³-hybridized carbons (Fsp3) is 0.167. The highest BCUT2D eigenvalue weighted by atomic mass is 79.9. The Labute approximate surface area is 117 Å². The molecule has 0 radical (unpaired) electrons. The molecular weight excluding hydrogens is 325 g/mol. The number of nitrogens with two attached hydrogens (primary N) is 1. The van der Waals surface area contributed by atoms with Crippen molar-refractivity contribution in [3.05, 3.63) is 55.4 Å². The summed E-state index contributed by atoms with van der Waals surface area (Å²) in [4.78, 5) is 1.12. The molecule has 0 amide bonds. The van der Waals surface area contributed by atoms with Gasteiger partial charge in [0.1, 0.15) is 5.82 Å². The summed E-state index contributed by atoms with van der Waals surface area (Å²) < 4.78 is 14.4. The molecule has 0 saturated heterocycles. The van der Waals surface area contributed by atoms with Crippen LogP contribution in [-0.2, 0) is 6.42 Å². The van der Waals surface area contributed by atoms with Crippen LogP contribution in [0.2, 0.25) is 4.34 Å². The van der Waals surface area contributed by atoms with Gasteiger partial charge in [-0.1, -0.05) is 33.6 Å². The molecule has 0 aliphatic rings. The van der Waals surface area contributed by atoms with Crippen LogP contribution in [0.1, 0.15) is 16.5 Å². The average molecular weight is 335 g/mol. The highest BCUT2D eigenvalue weighted by Crippen LogP contribution is 2.29. The van der Waals surface area contributed by atoms with Crippen LogP contribution >= 0.6 is 38.9 Å². The summed E-state index contributed by atoms with van der Waals surface area (Å²) in [7, 11) is 0. The second kappa shape index (κ2) is 5.48. The zero-order chi connectivity index (χ0) is 12.4. The van der Waals surface area contributed by atoms with Gasteiger partial charge in [-0.05, 0) is 29.8 Å². The Morgan fingerprint density at radius 2 is 2.12 bits per heavy atom. The van der Waals surface area contributed by atoms with Crippen molar-refractivity contribution in [3.63, 3.8) is 0 Å². The lowest BCUT2D eigenvalue weighted by atomic mass is 10.0. The van der Waals surface area contributed by atoms with Crippen LogP contribution in [0.5, 0.6) is 0 Å². The number of benzene rings is 1. The summed E-state index contributed by atoms with van der Waals surface area (Å²) in [5.41, 5.74) is 7.00. The summed E-state index contributed by atoms with van der Waals surface area (Å²) in [5.74, 6) is -0.271. The Morgan fingerprint density at radius 3 is 2.71 bits per heavy atom. The first-order chi connectivity index (χ1) is 8.06. The van der Waals surface area contributed by atoms with Gasteiger partial charge in [0.05, 0.1) is 4.34 Å². The predicted molar refractivity (Wildman–Crippen MR) is 74.1 cm³/mol. The molecule has 1 nitrogen and oxygen atoms in total. The zero-order valence-electron chi connectivity index (χ0n) is 8.79. The van der Waals surface area contributed by atoms with E-state index >= 15 is 0 Å². The lowest BCUT2D eigenvalue weighted by Gasteiger charge is -2.12. The van der Waals surface area contributed by atoms with Crippen molar-refractivity contribution < 1.29 is 4.39 Å². The first-order valence-corrected chi connectivity index (χ1v) is 7.00. The molecule has 1 heterocycles. The minimum atomic E-state index is -0.271. The van der Waals surface area contributed by atoms with Crippen LogP contribution in [0.15, 0.2) is 34.8 Å². The average Bonchev–Trinajstić information content (AvgIpc) is 2.63. The quantitative estimate of drug-likeness (QED) is 0.876. The maximum atomic E-state index is 13.0. The summed E-state index contributed by atoms with van der Waals surface area (Å²) >= 11 is 10.7. The molecule has 2 aromatic rings. The molecule has 0 saturated carbocycles. The fourth-order valence-electron chi connectivity index (χ4n) is 1.59. The van der Waals surface area contributed by atoms with Crippen LogP contribution < -0.4 is 5.73 Å². The van der Waals surface area contributed by atoms with Crippen LogP contribution in [0.3, 0.4) is 0 Å². The van der Waals surface area contributed by atoms with Gasteiger partial charge >= 0.3 is 0 Å². The predicted octanol–water partition coefficient (Wildman–Crippen LogP) is 4.55. The van der Waals surface area contributed by atoms with Crippen molar-refractivity contribution in [3.8, 4) is 0 Å². The number of hydrogen-bond donors (Lipinski definition) is 1. The third-order valence-corrected chi connectivity index (χ3v) is 4.35. The summed E-state index contributed by atoms with van der Waals surface area (Å²) in [6.07, 6.45) is 0.696. The molecule has 2 N–H and O–H groups in total. The van der Waals surface area contributed by atoms with Crippen molar-refractivity contribution in [2.24, 2.45) is 5.73 Å². The number of rotatable bonds is 3. The van der Waals surface area contributed by atoms with Crippen LogP contribution in [0.4, 0.5) is 4.39 Å². The van der Waals surface area contributed by atoms with Gasteiger partial charge in [-0.25, -0.2) is 4.39 Å². The highest BCUT2D eigenvalue weighted by Gasteiger charge is 2.12. The van der Waals surface area contributed by atoms with Crippen LogP contribution in [0.25, 0.3) is 0 Å². The molecule has 0 aliphatic heterocycles. The number of hydrogen-bond acceptors (Lipinski definition) is 2. The van der Waals surface area contributed by atoms with E-state index in [9.17, 15) is 4.39 Å². The lowest BCUT2D eigenvalue weighted by Crippen LogP contribution is -2.13. The maximum absolute atomic E-state index is 13.0. The Morgan fingerprint density at radius 1 is 1.35 bits per heavy atom. The van der Waals surface area contributed by atoms with E-state index < -0.39 is 0 Å². The fourth-order valence-corrected chi connectivity index (χ4v) is 3.38. The first kappa shape index (κ1) is 13.0. The monoisotopic (exact) mass is 333 g/mol. The molecule has 5 heteroatoms. The smallest absolute Gasteiger partial charge is 0.124 e. The Balaban J connectivity index is 2.17. The topological polar surface area (TPSA) is 26.0 Å². The SMILES string of the molecule is NC(Cc1ccc(Cl)s1)c1ccc(F)cc1Br. The largest absolute Gasteiger partial charge is 0.324 e. The maximum Gasteiger partial charge on any atom is 0.124 e. The van der Waals surface area contributed by atoms with E-state index in [2.05, 4.69) is 15.9 Å². The Hall–Kier alpha value is -0.420.